The van der Waals surface area contributed by atoms with Crippen LogP contribution in [0.15, 0.2) is 63.6 Å². The molecule has 0 amide bonds. The van der Waals surface area contributed by atoms with Crippen molar-refractivity contribution in [2.24, 2.45) is 10.9 Å². The summed E-state index contributed by atoms with van der Waals surface area (Å²) in [5.41, 5.74) is 4.02. The first-order chi connectivity index (χ1) is 16.9. The Balaban J connectivity index is 1.77. The maximum Gasteiger partial charge on any atom is 0.315 e. The topological polar surface area (TPSA) is 74.2 Å². The average molecular weight is 494 g/mol. The molecule has 2 aliphatic rings. The average Bonchev–Trinajstić information content (AvgIpc) is 2.87. The highest BCUT2D eigenvalue weighted by atomic mass is 32.2. The van der Waals surface area contributed by atoms with Crippen LogP contribution in [0.3, 0.4) is 0 Å². The molecule has 2 aromatic rings. The van der Waals surface area contributed by atoms with Crippen LogP contribution in [0.25, 0.3) is 0 Å². The zero-order chi connectivity index (χ0) is 25.1. The highest BCUT2D eigenvalue weighted by Gasteiger charge is 2.44. The molecule has 1 heterocycles. The second-order valence-electron chi connectivity index (χ2n) is 8.74. The molecular formula is C28H31NO5S. The fraction of sp³-hybridized carbons (Fsp3) is 0.393. The van der Waals surface area contributed by atoms with Gasteiger partial charge < -0.3 is 14.2 Å². The number of carbonyl (C=O) groups excluding carboxylic acids is 2. The minimum Gasteiger partial charge on any atom is -0.493 e. The largest absolute Gasteiger partial charge is 0.493 e. The number of methoxy groups -OCH3 is 2. The second-order valence-corrected chi connectivity index (χ2v) is 9.62. The Hall–Kier alpha value is -3.06. The number of ketones is 1. The summed E-state index contributed by atoms with van der Waals surface area (Å²) in [5, 5.41) is 0. The lowest BCUT2D eigenvalue weighted by molar-refractivity contribution is -0.146. The van der Waals surface area contributed by atoms with Gasteiger partial charge in [-0.1, -0.05) is 18.2 Å². The van der Waals surface area contributed by atoms with E-state index in [0.29, 0.717) is 35.6 Å². The molecule has 4 rings (SSSR count). The number of ether oxygens (including phenoxy) is 3. The first-order valence-corrected chi connectivity index (χ1v) is 13.0. The van der Waals surface area contributed by atoms with Gasteiger partial charge in [-0.2, -0.15) is 0 Å². The number of Topliss-reactive ketones (excluding diaryl/α,β-unsaturated/α-hetero) is 1. The number of aliphatic imine (C=N–C) groups is 1. The van der Waals surface area contributed by atoms with E-state index in [2.05, 4.69) is 0 Å². The van der Waals surface area contributed by atoms with Gasteiger partial charge in [0.25, 0.3) is 0 Å². The third-order valence-corrected chi connectivity index (χ3v) is 7.53. The van der Waals surface area contributed by atoms with Crippen molar-refractivity contribution in [3.63, 3.8) is 0 Å². The van der Waals surface area contributed by atoms with Crippen molar-refractivity contribution < 1.29 is 23.8 Å². The number of allylic oxidation sites excluding steroid dienone is 2. The van der Waals surface area contributed by atoms with Crippen LogP contribution in [-0.4, -0.2) is 44.5 Å². The number of hydrogen-bond donors (Lipinski definition) is 0. The molecule has 3 atom stereocenters. The highest BCUT2D eigenvalue weighted by Crippen LogP contribution is 2.47. The SMILES string of the molecule is CCOC(=O)C1C(C)=NC2=C(C(=O)C[C@H](c3ccc(OC)c(OC)c3)C2)[C@H]1c1ccc(SC)cc1. The molecule has 6 nitrogen and oxygen atoms in total. The van der Waals surface area contributed by atoms with Crippen molar-refractivity contribution in [1.82, 2.24) is 0 Å². The van der Waals surface area contributed by atoms with Crippen molar-refractivity contribution in [2.45, 2.75) is 43.4 Å². The second kappa shape index (κ2) is 10.7. The standard InChI is InChI=1S/C28H31NO5S/c1-6-34-28(31)25-16(2)29-21-13-19(18-9-12-23(32-3)24(15-18)33-4)14-22(30)27(21)26(25)17-7-10-20(35-5)11-8-17/h7-12,15,19,25-26H,6,13-14H2,1-5H3/t19-,25?,26+/m1/s1. The Morgan fingerprint density at radius 3 is 2.34 bits per heavy atom. The van der Waals surface area contributed by atoms with E-state index in [1.165, 1.54) is 0 Å². The summed E-state index contributed by atoms with van der Waals surface area (Å²) in [6.45, 7) is 3.93. The van der Waals surface area contributed by atoms with Crippen molar-refractivity contribution in [3.05, 3.63) is 64.9 Å². The van der Waals surface area contributed by atoms with Gasteiger partial charge in [0.05, 0.1) is 20.8 Å². The van der Waals surface area contributed by atoms with Crippen molar-refractivity contribution in [2.75, 3.05) is 27.1 Å². The summed E-state index contributed by atoms with van der Waals surface area (Å²) >= 11 is 1.65. The molecule has 0 aromatic heterocycles. The van der Waals surface area contributed by atoms with Crippen LogP contribution in [0.2, 0.25) is 0 Å². The van der Waals surface area contributed by atoms with Gasteiger partial charge in [-0.15, -0.1) is 11.8 Å². The van der Waals surface area contributed by atoms with Gasteiger partial charge in [0.1, 0.15) is 5.92 Å². The van der Waals surface area contributed by atoms with Gasteiger partial charge in [-0.25, -0.2) is 0 Å². The van der Waals surface area contributed by atoms with Crippen LogP contribution in [0.1, 0.15) is 49.7 Å². The highest BCUT2D eigenvalue weighted by molar-refractivity contribution is 7.98. The summed E-state index contributed by atoms with van der Waals surface area (Å²) < 4.78 is 16.3. The molecule has 184 valence electrons. The van der Waals surface area contributed by atoms with Crippen LogP contribution in [-0.2, 0) is 14.3 Å². The zero-order valence-electron chi connectivity index (χ0n) is 20.8. The van der Waals surface area contributed by atoms with E-state index in [0.717, 1.165) is 21.7 Å². The molecule has 1 unspecified atom stereocenters. The number of rotatable bonds is 7. The van der Waals surface area contributed by atoms with E-state index in [9.17, 15) is 9.59 Å². The minimum absolute atomic E-state index is 0.0236. The van der Waals surface area contributed by atoms with Crippen LogP contribution >= 0.6 is 11.8 Å². The first kappa shape index (κ1) is 25.0. The Morgan fingerprint density at radius 1 is 1.03 bits per heavy atom. The molecule has 0 saturated carbocycles. The Morgan fingerprint density at radius 2 is 1.71 bits per heavy atom. The molecule has 2 aromatic carbocycles. The lowest BCUT2D eigenvalue weighted by Crippen LogP contribution is -2.38. The van der Waals surface area contributed by atoms with Crippen molar-refractivity contribution in [1.29, 1.82) is 0 Å². The Bertz CT molecular complexity index is 1180. The fourth-order valence-corrected chi connectivity index (χ4v) is 5.52. The molecule has 7 heteroatoms. The number of carbonyl (C=O) groups is 2. The Kier molecular flexibility index (Phi) is 7.65. The molecule has 0 N–H and O–H groups in total. The van der Waals surface area contributed by atoms with Crippen molar-refractivity contribution >= 4 is 29.2 Å². The molecule has 0 bridgehead atoms. The summed E-state index contributed by atoms with van der Waals surface area (Å²) in [6, 6.07) is 13.9. The number of esters is 1. The van der Waals surface area contributed by atoms with Gasteiger partial charge in [0.15, 0.2) is 17.3 Å². The predicted octanol–water partition coefficient (Wildman–Crippen LogP) is 5.56. The lowest BCUT2D eigenvalue weighted by Gasteiger charge is -2.36. The van der Waals surface area contributed by atoms with E-state index < -0.39 is 11.8 Å². The van der Waals surface area contributed by atoms with E-state index in [-0.39, 0.29) is 24.3 Å². The van der Waals surface area contributed by atoms with Gasteiger partial charge in [-0.05, 0) is 67.8 Å². The molecule has 0 fully saturated rings. The number of benzene rings is 2. The molecule has 0 saturated heterocycles. The molecule has 1 aliphatic heterocycles. The van der Waals surface area contributed by atoms with E-state index in [4.69, 9.17) is 19.2 Å². The lowest BCUT2D eigenvalue weighted by atomic mass is 9.69. The van der Waals surface area contributed by atoms with Gasteiger partial charge in [-0.3, -0.25) is 14.6 Å². The summed E-state index contributed by atoms with van der Waals surface area (Å²) in [4.78, 5) is 32.7. The maximum absolute atomic E-state index is 13.7. The first-order valence-electron chi connectivity index (χ1n) is 11.8. The van der Waals surface area contributed by atoms with E-state index in [1.807, 2.05) is 55.6 Å². The zero-order valence-corrected chi connectivity index (χ0v) is 21.6. The number of hydrogen-bond acceptors (Lipinski definition) is 7. The minimum atomic E-state index is -0.615. The monoisotopic (exact) mass is 493 g/mol. The fourth-order valence-electron chi connectivity index (χ4n) is 5.11. The smallest absolute Gasteiger partial charge is 0.315 e. The van der Waals surface area contributed by atoms with Crippen LogP contribution in [0.5, 0.6) is 11.5 Å². The number of nitrogens with zero attached hydrogens (tertiary/aromatic N) is 1. The van der Waals surface area contributed by atoms with Crippen LogP contribution < -0.4 is 9.47 Å². The third-order valence-electron chi connectivity index (χ3n) is 6.78. The van der Waals surface area contributed by atoms with E-state index >= 15 is 0 Å². The van der Waals surface area contributed by atoms with Crippen molar-refractivity contribution in [3.8, 4) is 11.5 Å². The maximum atomic E-state index is 13.7. The van der Waals surface area contributed by atoms with Gasteiger partial charge in [0, 0.05) is 34.2 Å². The summed E-state index contributed by atoms with van der Waals surface area (Å²) in [7, 11) is 3.20. The quantitative estimate of drug-likeness (QED) is 0.371. The molecule has 0 radical (unpaired) electrons. The Labute approximate surface area is 210 Å². The molecule has 0 spiro atoms. The van der Waals surface area contributed by atoms with Crippen LogP contribution in [0.4, 0.5) is 0 Å². The van der Waals surface area contributed by atoms with E-state index in [1.54, 1.807) is 32.9 Å². The van der Waals surface area contributed by atoms with Gasteiger partial charge in [0.2, 0.25) is 0 Å². The van der Waals surface area contributed by atoms with Gasteiger partial charge >= 0.3 is 5.97 Å². The predicted molar refractivity (Wildman–Crippen MR) is 138 cm³/mol. The van der Waals surface area contributed by atoms with Crippen LogP contribution in [0, 0.1) is 5.92 Å². The molecule has 1 aliphatic carbocycles. The number of thioether (sulfide) groups is 1. The summed E-state index contributed by atoms with van der Waals surface area (Å²) in [6.07, 6.45) is 2.98. The normalized spacial score (nSPS) is 21.8. The third kappa shape index (κ3) is 4.87. The molecule has 35 heavy (non-hydrogen) atoms. The molecular weight excluding hydrogens is 462 g/mol. The summed E-state index contributed by atoms with van der Waals surface area (Å²) in [5.74, 6) is -0.0851.